The minimum atomic E-state index is -1.02. The fraction of sp³-hybridized carbons (Fsp3) is 0.583. The van der Waals surface area contributed by atoms with E-state index >= 15 is 0 Å². The van der Waals surface area contributed by atoms with Crippen molar-refractivity contribution in [2.75, 3.05) is 13.6 Å². The maximum Gasteiger partial charge on any atom is 0.355 e. The van der Waals surface area contributed by atoms with Crippen molar-refractivity contribution in [2.45, 2.75) is 32.7 Å². The van der Waals surface area contributed by atoms with E-state index in [-0.39, 0.29) is 17.8 Å². The molecule has 1 heterocycles. The maximum atomic E-state index is 11.8. The number of aromatic carboxylic acids is 1. The van der Waals surface area contributed by atoms with Gasteiger partial charge in [-0.3, -0.25) is 0 Å². The van der Waals surface area contributed by atoms with Gasteiger partial charge in [0.05, 0.1) is 5.01 Å². The molecule has 1 unspecified atom stereocenters. The van der Waals surface area contributed by atoms with E-state index in [0.29, 0.717) is 18.0 Å². The number of carboxylic acid groups (broad SMARTS) is 1. The average molecular weight is 285 g/mol. The van der Waals surface area contributed by atoms with Crippen LogP contribution in [-0.4, -0.2) is 46.6 Å². The standard InChI is InChI=1S/C12H19N3O3S/c1-4-8(2)15(3)12(18)13-6-5-10-14-9(7-19-10)11(16)17/h7-8H,4-6H2,1-3H3,(H,13,18)(H,16,17). The van der Waals surface area contributed by atoms with Crippen LogP contribution in [0.5, 0.6) is 0 Å². The van der Waals surface area contributed by atoms with Crippen LogP contribution in [0, 0.1) is 0 Å². The van der Waals surface area contributed by atoms with Crippen LogP contribution < -0.4 is 5.32 Å². The number of thiazole rings is 1. The van der Waals surface area contributed by atoms with Crippen molar-refractivity contribution in [1.82, 2.24) is 15.2 Å². The van der Waals surface area contributed by atoms with Gasteiger partial charge in [-0.2, -0.15) is 0 Å². The molecular formula is C12H19N3O3S. The summed E-state index contributed by atoms with van der Waals surface area (Å²) in [6.45, 7) is 4.46. The largest absolute Gasteiger partial charge is 0.476 e. The number of carbonyl (C=O) groups excluding carboxylic acids is 1. The first-order valence-electron chi connectivity index (χ1n) is 6.14. The van der Waals surface area contributed by atoms with E-state index in [9.17, 15) is 9.59 Å². The van der Waals surface area contributed by atoms with Crippen molar-refractivity contribution in [3.05, 3.63) is 16.1 Å². The summed E-state index contributed by atoms with van der Waals surface area (Å²) in [7, 11) is 1.76. The molecule has 0 aliphatic rings. The lowest BCUT2D eigenvalue weighted by Gasteiger charge is -2.23. The smallest absolute Gasteiger partial charge is 0.355 e. The number of nitrogens with zero attached hydrogens (tertiary/aromatic N) is 2. The highest BCUT2D eigenvalue weighted by Gasteiger charge is 2.13. The number of nitrogens with one attached hydrogen (secondary N) is 1. The summed E-state index contributed by atoms with van der Waals surface area (Å²) >= 11 is 1.29. The zero-order chi connectivity index (χ0) is 14.4. The molecule has 1 rings (SSSR count). The topological polar surface area (TPSA) is 82.5 Å². The third-order valence-corrected chi connectivity index (χ3v) is 3.87. The zero-order valence-electron chi connectivity index (χ0n) is 11.3. The fourth-order valence-electron chi connectivity index (χ4n) is 1.40. The van der Waals surface area contributed by atoms with Gasteiger partial charge in [0.25, 0.3) is 0 Å². The Morgan fingerprint density at radius 2 is 2.26 bits per heavy atom. The van der Waals surface area contributed by atoms with Gasteiger partial charge < -0.3 is 15.3 Å². The van der Waals surface area contributed by atoms with Crippen LogP contribution >= 0.6 is 11.3 Å². The van der Waals surface area contributed by atoms with Crippen molar-refractivity contribution >= 4 is 23.3 Å². The molecule has 0 bridgehead atoms. The van der Waals surface area contributed by atoms with E-state index in [1.807, 2.05) is 13.8 Å². The first kappa shape index (κ1) is 15.4. The molecule has 0 aliphatic heterocycles. The Kier molecular flexibility index (Phi) is 5.75. The molecule has 1 aromatic rings. The number of carbonyl (C=O) groups is 2. The Balaban J connectivity index is 2.37. The van der Waals surface area contributed by atoms with Crippen molar-refractivity contribution in [3.63, 3.8) is 0 Å². The average Bonchev–Trinajstić information content (AvgIpc) is 2.85. The van der Waals surface area contributed by atoms with Gasteiger partial charge in [-0.1, -0.05) is 6.92 Å². The molecule has 0 fully saturated rings. The molecule has 0 saturated heterocycles. The predicted molar refractivity (Wildman–Crippen MR) is 73.7 cm³/mol. The van der Waals surface area contributed by atoms with Gasteiger partial charge in [-0.05, 0) is 13.3 Å². The van der Waals surface area contributed by atoms with Gasteiger partial charge in [-0.25, -0.2) is 14.6 Å². The first-order chi connectivity index (χ1) is 8.95. The summed E-state index contributed by atoms with van der Waals surface area (Å²) in [5.41, 5.74) is 0.0584. The lowest BCUT2D eigenvalue weighted by atomic mass is 10.2. The normalized spacial score (nSPS) is 11.9. The van der Waals surface area contributed by atoms with Crippen LogP contribution in [-0.2, 0) is 6.42 Å². The Bertz CT molecular complexity index is 447. The number of hydrogen-bond donors (Lipinski definition) is 2. The van der Waals surface area contributed by atoms with Gasteiger partial charge >= 0.3 is 12.0 Å². The first-order valence-corrected chi connectivity index (χ1v) is 7.02. The molecule has 2 amide bonds. The minimum absolute atomic E-state index is 0.0584. The molecule has 0 spiro atoms. The highest BCUT2D eigenvalue weighted by Crippen LogP contribution is 2.10. The fourth-order valence-corrected chi connectivity index (χ4v) is 2.17. The molecule has 7 heteroatoms. The Morgan fingerprint density at radius 1 is 1.58 bits per heavy atom. The van der Waals surface area contributed by atoms with Crippen molar-refractivity contribution in [2.24, 2.45) is 0 Å². The molecule has 0 aromatic carbocycles. The molecule has 2 N–H and O–H groups in total. The predicted octanol–water partition coefficient (Wildman–Crippen LogP) is 1.82. The summed E-state index contributed by atoms with van der Waals surface area (Å²) in [6, 6.07) is 0.0721. The van der Waals surface area contributed by atoms with E-state index in [2.05, 4.69) is 10.3 Å². The summed E-state index contributed by atoms with van der Waals surface area (Å²) in [6.07, 6.45) is 1.44. The molecule has 0 saturated carbocycles. The summed E-state index contributed by atoms with van der Waals surface area (Å²) in [4.78, 5) is 28.0. The maximum absolute atomic E-state index is 11.8. The Morgan fingerprint density at radius 3 is 2.79 bits per heavy atom. The van der Waals surface area contributed by atoms with E-state index in [1.54, 1.807) is 11.9 Å². The van der Waals surface area contributed by atoms with Crippen LogP contribution in [0.2, 0.25) is 0 Å². The van der Waals surface area contributed by atoms with E-state index in [4.69, 9.17) is 5.11 Å². The lowest BCUT2D eigenvalue weighted by Crippen LogP contribution is -2.42. The van der Waals surface area contributed by atoms with Gasteiger partial charge in [0.15, 0.2) is 5.69 Å². The third-order valence-electron chi connectivity index (χ3n) is 2.96. The van der Waals surface area contributed by atoms with Crippen LogP contribution in [0.25, 0.3) is 0 Å². The Hall–Kier alpha value is -1.63. The second-order valence-electron chi connectivity index (χ2n) is 4.28. The summed E-state index contributed by atoms with van der Waals surface area (Å²) < 4.78 is 0. The number of rotatable bonds is 6. The lowest BCUT2D eigenvalue weighted by molar-refractivity contribution is 0.0691. The third kappa shape index (κ3) is 4.51. The van der Waals surface area contributed by atoms with Gasteiger partial charge in [-0.15, -0.1) is 11.3 Å². The number of amides is 2. The molecule has 1 aromatic heterocycles. The van der Waals surface area contributed by atoms with Crippen molar-refractivity contribution < 1.29 is 14.7 Å². The highest BCUT2D eigenvalue weighted by atomic mass is 32.1. The van der Waals surface area contributed by atoms with Crippen molar-refractivity contribution in [3.8, 4) is 0 Å². The van der Waals surface area contributed by atoms with E-state index < -0.39 is 5.97 Å². The highest BCUT2D eigenvalue weighted by molar-refractivity contribution is 7.09. The second kappa shape index (κ2) is 7.08. The molecule has 106 valence electrons. The van der Waals surface area contributed by atoms with Crippen LogP contribution in [0.15, 0.2) is 5.38 Å². The second-order valence-corrected chi connectivity index (χ2v) is 5.22. The van der Waals surface area contributed by atoms with Crippen LogP contribution in [0.4, 0.5) is 4.79 Å². The van der Waals surface area contributed by atoms with E-state index in [0.717, 1.165) is 6.42 Å². The molecular weight excluding hydrogens is 266 g/mol. The molecule has 6 nitrogen and oxygen atoms in total. The number of hydrogen-bond acceptors (Lipinski definition) is 4. The Labute approximate surface area is 116 Å². The number of urea groups is 1. The zero-order valence-corrected chi connectivity index (χ0v) is 12.2. The number of carboxylic acids is 1. The summed E-state index contributed by atoms with van der Waals surface area (Å²) in [5.74, 6) is -1.02. The van der Waals surface area contributed by atoms with Gasteiger partial charge in [0.2, 0.25) is 0 Å². The van der Waals surface area contributed by atoms with Crippen LogP contribution in [0.1, 0.15) is 35.8 Å². The van der Waals surface area contributed by atoms with Crippen molar-refractivity contribution in [1.29, 1.82) is 0 Å². The quantitative estimate of drug-likeness (QED) is 0.835. The minimum Gasteiger partial charge on any atom is -0.476 e. The molecule has 1 atom stereocenters. The molecule has 0 aliphatic carbocycles. The number of aromatic nitrogens is 1. The monoisotopic (exact) mass is 285 g/mol. The summed E-state index contributed by atoms with van der Waals surface area (Å²) in [5, 5.41) is 13.7. The molecule has 0 radical (unpaired) electrons. The molecule has 19 heavy (non-hydrogen) atoms. The SMILES string of the molecule is CCC(C)N(C)C(=O)NCCc1nc(C(=O)O)cs1. The van der Waals surface area contributed by atoms with E-state index in [1.165, 1.54) is 16.7 Å². The van der Waals surface area contributed by atoms with Crippen LogP contribution in [0.3, 0.4) is 0 Å². The van der Waals surface area contributed by atoms with Gasteiger partial charge in [0.1, 0.15) is 0 Å². The van der Waals surface area contributed by atoms with Gasteiger partial charge in [0, 0.05) is 31.4 Å².